The summed E-state index contributed by atoms with van der Waals surface area (Å²) in [7, 11) is 0. The summed E-state index contributed by atoms with van der Waals surface area (Å²) in [6.07, 6.45) is 0. The Morgan fingerprint density at radius 3 is 2.71 bits per heavy atom. The van der Waals surface area contributed by atoms with E-state index in [1.165, 1.54) is 15.7 Å². The summed E-state index contributed by atoms with van der Waals surface area (Å²) in [6, 6.07) is 19.6. The van der Waals surface area contributed by atoms with Crippen LogP contribution in [0.4, 0.5) is 0 Å². The van der Waals surface area contributed by atoms with Crippen molar-refractivity contribution in [3.8, 4) is 5.75 Å². The highest BCUT2D eigenvalue weighted by molar-refractivity contribution is 7.99. The molecule has 0 radical (unpaired) electrons. The molecule has 0 spiro atoms. The first-order chi connectivity index (χ1) is 11.7. The van der Waals surface area contributed by atoms with E-state index in [1.807, 2.05) is 12.1 Å². The summed E-state index contributed by atoms with van der Waals surface area (Å²) in [4.78, 5) is 13.9. The summed E-state index contributed by atoms with van der Waals surface area (Å²) < 4.78 is 5.64. The number of rotatable bonds is 4. The fourth-order valence-corrected chi connectivity index (χ4v) is 4.45. The maximum atomic E-state index is 12.7. The Balaban J connectivity index is 1.57. The van der Waals surface area contributed by atoms with Gasteiger partial charge in [-0.05, 0) is 46.7 Å². The quantitative estimate of drug-likeness (QED) is 0.633. The summed E-state index contributed by atoms with van der Waals surface area (Å²) in [6.45, 7) is 0.0789. The van der Waals surface area contributed by atoms with Gasteiger partial charge in [-0.15, -0.1) is 11.8 Å². The second-order valence-corrected chi connectivity index (χ2v) is 7.27. The molecule has 0 fully saturated rings. The van der Waals surface area contributed by atoms with Gasteiger partial charge < -0.3 is 4.74 Å². The van der Waals surface area contributed by atoms with Crippen LogP contribution in [-0.2, 0) is 4.79 Å². The molecule has 1 aliphatic rings. The monoisotopic (exact) mass is 354 g/mol. The zero-order valence-corrected chi connectivity index (χ0v) is 14.4. The molecule has 0 saturated carbocycles. The van der Waals surface area contributed by atoms with Crippen molar-refractivity contribution in [2.45, 2.75) is 10.8 Å². The number of carbonyl (C=O) groups excluding carboxylic acids is 1. The SMILES string of the molecule is O=C(COc1ccc(Cl)cc1)C1CSc2ccc3ccccc3c21. The first-order valence-electron chi connectivity index (χ1n) is 7.78. The minimum absolute atomic E-state index is 0.0789. The third-order valence-corrected chi connectivity index (χ3v) is 5.69. The highest BCUT2D eigenvalue weighted by Gasteiger charge is 2.31. The van der Waals surface area contributed by atoms with E-state index in [-0.39, 0.29) is 18.3 Å². The van der Waals surface area contributed by atoms with Crippen molar-refractivity contribution in [3.63, 3.8) is 0 Å². The number of carbonyl (C=O) groups is 1. The molecule has 3 aromatic rings. The van der Waals surface area contributed by atoms with Crippen LogP contribution in [0.1, 0.15) is 11.5 Å². The Labute approximate surface area is 149 Å². The first-order valence-corrected chi connectivity index (χ1v) is 9.14. The molecule has 0 amide bonds. The van der Waals surface area contributed by atoms with Crippen LogP contribution >= 0.6 is 23.4 Å². The average Bonchev–Trinajstić information content (AvgIpc) is 3.06. The number of thioether (sulfide) groups is 1. The van der Waals surface area contributed by atoms with Gasteiger partial charge in [-0.25, -0.2) is 0 Å². The predicted molar refractivity (Wildman–Crippen MR) is 99.4 cm³/mol. The second-order valence-electron chi connectivity index (χ2n) is 5.77. The van der Waals surface area contributed by atoms with Crippen molar-refractivity contribution in [1.29, 1.82) is 0 Å². The normalized spacial score (nSPS) is 16.1. The largest absolute Gasteiger partial charge is 0.486 e. The topological polar surface area (TPSA) is 26.3 Å². The number of ketones is 1. The summed E-state index contributed by atoms with van der Waals surface area (Å²) in [5.74, 6) is 1.46. The minimum Gasteiger partial charge on any atom is -0.486 e. The van der Waals surface area contributed by atoms with Gasteiger partial charge in [-0.3, -0.25) is 4.79 Å². The summed E-state index contributed by atoms with van der Waals surface area (Å²) in [5, 5.41) is 3.00. The third kappa shape index (κ3) is 2.90. The van der Waals surface area contributed by atoms with Crippen molar-refractivity contribution >= 4 is 39.9 Å². The molecule has 1 unspecified atom stereocenters. The average molecular weight is 355 g/mol. The van der Waals surface area contributed by atoms with Crippen LogP contribution in [0.25, 0.3) is 10.8 Å². The van der Waals surface area contributed by atoms with Gasteiger partial charge in [-0.2, -0.15) is 0 Å². The van der Waals surface area contributed by atoms with Gasteiger partial charge >= 0.3 is 0 Å². The maximum absolute atomic E-state index is 12.7. The van der Waals surface area contributed by atoms with Gasteiger partial charge in [0, 0.05) is 15.7 Å². The highest BCUT2D eigenvalue weighted by Crippen LogP contribution is 2.43. The Bertz CT molecular complexity index is 905. The molecule has 24 heavy (non-hydrogen) atoms. The molecule has 1 heterocycles. The number of fused-ring (bicyclic) bond motifs is 3. The van der Waals surface area contributed by atoms with E-state index in [0.717, 1.165) is 11.3 Å². The zero-order valence-electron chi connectivity index (χ0n) is 12.9. The molecule has 120 valence electrons. The molecule has 4 heteroatoms. The lowest BCUT2D eigenvalue weighted by Gasteiger charge is -2.13. The van der Waals surface area contributed by atoms with Crippen LogP contribution in [-0.4, -0.2) is 18.1 Å². The summed E-state index contributed by atoms with van der Waals surface area (Å²) >= 11 is 7.61. The van der Waals surface area contributed by atoms with E-state index in [1.54, 1.807) is 36.0 Å². The molecule has 0 aromatic heterocycles. The Kier molecular flexibility index (Phi) is 4.21. The van der Waals surface area contributed by atoms with E-state index in [9.17, 15) is 4.79 Å². The minimum atomic E-state index is -0.108. The molecular weight excluding hydrogens is 340 g/mol. The molecular formula is C20H15ClO2S. The van der Waals surface area contributed by atoms with E-state index in [4.69, 9.17) is 16.3 Å². The molecule has 0 saturated heterocycles. The lowest BCUT2D eigenvalue weighted by atomic mass is 9.92. The predicted octanol–water partition coefficient (Wildman–Crippen LogP) is 5.33. The number of Topliss-reactive ketones (excluding diaryl/α,β-unsaturated/α-hetero) is 1. The van der Waals surface area contributed by atoms with Crippen molar-refractivity contribution in [2.75, 3.05) is 12.4 Å². The molecule has 1 aliphatic heterocycles. The van der Waals surface area contributed by atoms with Crippen molar-refractivity contribution in [2.24, 2.45) is 0 Å². The van der Waals surface area contributed by atoms with Gasteiger partial charge in [0.1, 0.15) is 12.4 Å². The number of benzene rings is 3. The Morgan fingerprint density at radius 1 is 1.08 bits per heavy atom. The first kappa shape index (κ1) is 15.6. The van der Waals surface area contributed by atoms with E-state index in [0.29, 0.717) is 10.8 Å². The van der Waals surface area contributed by atoms with Crippen LogP contribution in [0, 0.1) is 0 Å². The highest BCUT2D eigenvalue weighted by atomic mass is 35.5. The van der Waals surface area contributed by atoms with Gasteiger partial charge in [0.15, 0.2) is 5.78 Å². The molecule has 2 nitrogen and oxygen atoms in total. The molecule has 0 bridgehead atoms. The fourth-order valence-electron chi connectivity index (χ4n) is 3.06. The van der Waals surface area contributed by atoms with E-state index >= 15 is 0 Å². The van der Waals surface area contributed by atoms with Crippen molar-refractivity contribution in [1.82, 2.24) is 0 Å². The maximum Gasteiger partial charge on any atom is 0.178 e. The lowest BCUT2D eigenvalue weighted by Crippen LogP contribution is -2.20. The van der Waals surface area contributed by atoms with Crippen LogP contribution in [0.2, 0.25) is 5.02 Å². The van der Waals surface area contributed by atoms with Crippen LogP contribution in [0.5, 0.6) is 5.75 Å². The fraction of sp³-hybridized carbons (Fsp3) is 0.150. The molecule has 1 atom stereocenters. The molecule has 0 aliphatic carbocycles. The van der Waals surface area contributed by atoms with Crippen molar-refractivity contribution < 1.29 is 9.53 Å². The number of halogens is 1. The molecule has 0 N–H and O–H groups in total. The van der Waals surface area contributed by atoms with Crippen LogP contribution in [0.15, 0.2) is 65.6 Å². The van der Waals surface area contributed by atoms with Gasteiger partial charge in [0.25, 0.3) is 0 Å². The Hall–Kier alpha value is -1.97. The standard InChI is InChI=1S/C20H15ClO2S/c21-14-6-8-15(9-7-14)23-11-18(22)17-12-24-19-10-5-13-3-1-2-4-16(13)20(17)19/h1-10,17H,11-12H2. The van der Waals surface area contributed by atoms with Crippen molar-refractivity contribution in [3.05, 3.63) is 71.2 Å². The van der Waals surface area contributed by atoms with Gasteiger partial charge in [0.2, 0.25) is 0 Å². The molecule has 4 rings (SSSR count). The number of hydrogen-bond donors (Lipinski definition) is 0. The second kappa shape index (κ2) is 6.50. The number of ether oxygens (including phenoxy) is 1. The van der Waals surface area contributed by atoms with Crippen LogP contribution in [0.3, 0.4) is 0 Å². The molecule has 3 aromatic carbocycles. The lowest BCUT2D eigenvalue weighted by molar-refractivity contribution is -0.121. The summed E-state index contributed by atoms with van der Waals surface area (Å²) in [5.41, 5.74) is 1.16. The van der Waals surface area contributed by atoms with E-state index < -0.39 is 0 Å². The van der Waals surface area contributed by atoms with Crippen LogP contribution < -0.4 is 4.74 Å². The smallest absolute Gasteiger partial charge is 0.178 e. The Morgan fingerprint density at radius 2 is 1.88 bits per heavy atom. The van der Waals surface area contributed by atoms with Gasteiger partial charge in [0.05, 0.1) is 5.92 Å². The van der Waals surface area contributed by atoms with E-state index in [2.05, 4.69) is 24.3 Å². The number of hydrogen-bond acceptors (Lipinski definition) is 3. The zero-order chi connectivity index (χ0) is 16.5. The van der Waals surface area contributed by atoms with Gasteiger partial charge in [-0.1, -0.05) is 41.9 Å². The third-order valence-electron chi connectivity index (χ3n) is 4.27.